The Morgan fingerprint density at radius 3 is 2.17 bits per heavy atom. The van der Waals surface area contributed by atoms with Crippen molar-refractivity contribution in [1.82, 2.24) is 4.90 Å². The molecule has 0 atom stereocenters. The summed E-state index contributed by atoms with van der Waals surface area (Å²) in [5.74, 6) is -0.137. The Bertz CT molecular complexity index is 889. The van der Waals surface area contributed by atoms with Crippen molar-refractivity contribution in [3.63, 3.8) is 0 Å². The van der Waals surface area contributed by atoms with Crippen molar-refractivity contribution < 1.29 is 14.7 Å². The van der Waals surface area contributed by atoms with Gasteiger partial charge in [0.25, 0.3) is 11.6 Å². The molecule has 0 spiro atoms. The van der Waals surface area contributed by atoms with Crippen molar-refractivity contribution in [3.05, 3.63) is 58.4 Å². The van der Waals surface area contributed by atoms with Crippen LogP contribution in [0.4, 0.5) is 17.1 Å². The van der Waals surface area contributed by atoms with Gasteiger partial charge in [0.05, 0.1) is 4.92 Å². The molecule has 2 saturated heterocycles. The molecule has 0 saturated carbocycles. The number of nitrogens with one attached hydrogen (secondary N) is 1. The summed E-state index contributed by atoms with van der Waals surface area (Å²) in [7, 11) is 0. The van der Waals surface area contributed by atoms with Gasteiger partial charge in [-0.2, -0.15) is 0 Å². The van der Waals surface area contributed by atoms with Crippen LogP contribution in [0.2, 0.25) is 0 Å². The number of H-pyrrole nitrogens is 1. The van der Waals surface area contributed by atoms with Gasteiger partial charge in [0.1, 0.15) is 5.69 Å². The van der Waals surface area contributed by atoms with Gasteiger partial charge in [-0.25, -0.2) is 4.98 Å². The zero-order valence-electron chi connectivity index (χ0n) is 17.1. The van der Waals surface area contributed by atoms with Gasteiger partial charge in [-0.3, -0.25) is 14.9 Å². The van der Waals surface area contributed by atoms with Crippen LogP contribution in [-0.4, -0.2) is 55.0 Å². The molecule has 4 rings (SSSR count). The zero-order chi connectivity index (χ0) is 20.9. The Labute approximate surface area is 176 Å². The standard InChI is InChI=1S/C22H27N5O3/c28-22(26-15-13-24(14-16-26)19-7-9-23-10-8-19)18-5-6-20(21(17-18)27(29)30)25-11-3-1-2-4-12-25/h5-10,17H,1-4,11-16H2/p+1. The van der Waals surface area contributed by atoms with Crippen LogP contribution in [0.15, 0.2) is 42.7 Å². The number of nitro benzene ring substituents is 1. The van der Waals surface area contributed by atoms with Crippen LogP contribution in [0.3, 0.4) is 0 Å². The summed E-state index contributed by atoms with van der Waals surface area (Å²) in [5.41, 5.74) is 2.17. The molecule has 0 aliphatic carbocycles. The number of aromatic nitrogens is 1. The van der Waals surface area contributed by atoms with E-state index < -0.39 is 0 Å². The van der Waals surface area contributed by atoms with E-state index in [1.807, 2.05) is 24.5 Å². The van der Waals surface area contributed by atoms with Crippen molar-refractivity contribution in [1.29, 1.82) is 0 Å². The highest BCUT2D eigenvalue weighted by atomic mass is 16.6. The summed E-state index contributed by atoms with van der Waals surface area (Å²) in [6.07, 6.45) is 8.18. The molecule has 3 heterocycles. The number of hydrogen-bond donors (Lipinski definition) is 0. The molecule has 8 nitrogen and oxygen atoms in total. The van der Waals surface area contributed by atoms with E-state index in [2.05, 4.69) is 14.8 Å². The summed E-state index contributed by atoms with van der Waals surface area (Å²) < 4.78 is 0. The molecule has 0 radical (unpaired) electrons. The molecule has 1 aromatic heterocycles. The van der Waals surface area contributed by atoms with E-state index >= 15 is 0 Å². The fraction of sp³-hybridized carbons (Fsp3) is 0.455. The number of carbonyl (C=O) groups excluding carboxylic acids is 1. The molecule has 2 aliphatic rings. The van der Waals surface area contributed by atoms with E-state index in [4.69, 9.17) is 0 Å². The van der Waals surface area contributed by atoms with Crippen LogP contribution in [0.25, 0.3) is 0 Å². The first-order valence-electron chi connectivity index (χ1n) is 10.7. The minimum absolute atomic E-state index is 0.0296. The van der Waals surface area contributed by atoms with Crippen LogP contribution in [0.1, 0.15) is 36.0 Å². The number of pyridine rings is 1. The molecule has 2 aliphatic heterocycles. The normalized spacial score (nSPS) is 17.5. The van der Waals surface area contributed by atoms with E-state index in [1.165, 1.54) is 6.07 Å². The number of benzene rings is 1. The number of hydrogen-bond acceptors (Lipinski definition) is 5. The maximum Gasteiger partial charge on any atom is 0.293 e. The highest BCUT2D eigenvalue weighted by molar-refractivity contribution is 5.96. The van der Waals surface area contributed by atoms with Crippen LogP contribution in [-0.2, 0) is 0 Å². The third-order valence-electron chi connectivity index (χ3n) is 6.00. The lowest BCUT2D eigenvalue weighted by Gasteiger charge is -2.35. The van der Waals surface area contributed by atoms with Gasteiger partial charge in [0, 0.05) is 68.7 Å². The smallest absolute Gasteiger partial charge is 0.293 e. The van der Waals surface area contributed by atoms with Crippen molar-refractivity contribution in [2.45, 2.75) is 25.7 Å². The first kappa shape index (κ1) is 20.1. The molecule has 1 aromatic carbocycles. The van der Waals surface area contributed by atoms with Gasteiger partial charge < -0.3 is 14.7 Å². The Morgan fingerprint density at radius 2 is 1.53 bits per heavy atom. The van der Waals surface area contributed by atoms with E-state index in [-0.39, 0.29) is 16.5 Å². The van der Waals surface area contributed by atoms with Crippen LogP contribution < -0.4 is 14.8 Å². The number of rotatable bonds is 4. The molecule has 1 amide bonds. The summed E-state index contributed by atoms with van der Waals surface area (Å²) in [6, 6.07) is 9.00. The fourth-order valence-electron chi connectivity index (χ4n) is 4.32. The Balaban J connectivity index is 1.47. The Kier molecular flexibility index (Phi) is 6.11. The summed E-state index contributed by atoms with van der Waals surface area (Å²) in [6.45, 7) is 4.33. The summed E-state index contributed by atoms with van der Waals surface area (Å²) in [4.78, 5) is 33.5. The number of nitrogens with zero attached hydrogens (tertiary/aromatic N) is 4. The van der Waals surface area contributed by atoms with E-state index in [9.17, 15) is 14.9 Å². The average molecular weight is 410 g/mol. The molecule has 0 unspecified atom stereocenters. The van der Waals surface area contributed by atoms with E-state index in [0.29, 0.717) is 24.3 Å². The molecule has 2 fully saturated rings. The number of amides is 1. The van der Waals surface area contributed by atoms with E-state index in [0.717, 1.165) is 57.5 Å². The van der Waals surface area contributed by atoms with Crippen LogP contribution in [0.5, 0.6) is 0 Å². The predicted octanol–water partition coefficient (Wildman–Crippen LogP) is 2.75. The minimum atomic E-state index is -0.360. The number of piperazine rings is 1. The van der Waals surface area contributed by atoms with Gasteiger partial charge >= 0.3 is 0 Å². The molecule has 8 heteroatoms. The fourth-order valence-corrected chi connectivity index (χ4v) is 4.32. The Hall–Kier alpha value is -3.16. The lowest BCUT2D eigenvalue weighted by Crippen LogP contribution is -2.48. The second-order valence-corrected chi connectivity index (χ2v) is 7.90. The lowest BCUT2D eigenvalue weighted by atomic mass is 10.1. The number of anilines is 2. The van der Waals surface area contributed by atoms with Crippen molar-refractivity contribution in [2.24, 2.45) is 0 Å². The molecule has 0 bridgehead atoms. The maximum atomic E-state index is 13.0. The molecule has 1 N–H and O–H groups in total. The monoisotopic (exact) mass is 410 g/mol. The van der Waals surface area contributed by atoms with Gasteiger partial charge in [-0.1, -0.05) is 12.8 Å². The largest absolute Gasteiger partial charge is 0.368 e. The van der Waals surface area contributed by atoms with Crippen molar-refractivity contribution >= 4 is 23.0 Å². The van der Waals surface area contributed by atoms with Gasteiger partial charge in [0.2, 0.25) is 0 Å². The quantitative estimate of drug-likeness (QED) is 0.572. The highest BCUT2D eigenvalue weighted by Crippen LogP contribution is 2.31. The van der Waals surface area contributed by atoms with Crippen molar-refractivity contribution in [3.8, 4) is 0 Å². The lowest BCUT2D eigenvalue weighted by molar-refractivity contribution is -0.384. The van der Waals surface area contributed by atoms with Crippen LogP contribution in [0, 0.1) is 10.1 Å². The first-order chi connectivity index (χ1) is 14.6. The van der Waals surface area contributed by atoms with E-state index in [1.54, 1.807) is 17.0 Å². The van der Waals surface area contributed by atoms with Crippen LogP contribution >= 0.6 is 0 Å². The van der Waals surface area contributed by atoms with Gasteiger partial charge in [-0.15, -0.1) is 0 Å². The third-order valence-corrected chi connectivity index (χ3v) is 6.00. The number of nitro groups is 1. The number of aromatic amines is 1. The SMILES string of the molecule is O=C(c1ccc(N2CCCCCC2)c([N+](=O)[O-])c1)N1CCN(c2cc[nH+]cc2)CC1. The predicted molar refractivity (Wildman–Crippen MR) is 115 cm³/mol. The first-order valence-corrected chi connectivity index (χ1v) is 10.7. The zero-order valence-corrected chi connectivity index (χ0v) is 17.1. The molecule has 158 valence electrons. The topological polar surface area (TPSA) is 84.1 Å². The van der Waals surface area contributed by atoms with Gasteiger partial charge in [0.15, 0.2) is 12.4 Å². The van der Waals surface area contributed by atoms with Crippen molar-refractivity contribution in [2.75, 3.05) is 49.1 Å². The molecular formula is C22H28N5O3+. The number of carbonyl (C=O) groups is 1. The molecule has 30 heavy (non-hydrogen) atoms. The summed E-state index contributed by atoms with van der Waals surface area (Å²) >= 11 is 0. The highest BCUT2D eigenvalue weighted by Gasteiger charge is 2.26. The molecular weight excluding hydrogens is 382 g/mol. The summed E-state index contributed by atoms with van der Waals surface area (Å²) in [5, 5.41) is 11.7. The second-order valence-electron chi connectivity index (χ2n) is 7.90. The third kappa shape index (κ3) is 4.37. The van der Waals surface area contributed by atoms with Gasteiger partial charge in [-0.05, 0) is 25.0 Å². The average Bonchev–Trinajstić information content (AvgIpc) is 3.08. The maximum absolute atomic E-state index is 13.0. The molecule has 2 aromatic rings. The Morgan fingerprint density at radius 1 is 0.867 bits per heavy atom. The second kappa shape index (κ2) is 9.11. The minimum Gasteiger partial charge on any atom is -0.368 e.